The normalized spacial score (nSPS) is 11.3. The first kappa shape index (κ1) is 13.8. The van der Waals surface area contributed by atoms with Gasteiger partial charge in [-0.15, -0.1) is 0 Å². The van der Waals surface area contributed by atoms with Gasteiger partial charge in [-0.1, -0.05) is 39.1 Å². The number of amides is 1. The van der Waals surface area contributed by atoms with Crippen LogP contribution >= 0.6 is 39.1 Å². The van der Waals surface area contributed by atoms with Crippen molar-refractivity contribution in [2.75, 3.05) is 5.33 Å². The zero-order valence-corrected chi connectivity index (χ0v) is 12.1. The minimum Gasteiger partial charge on any atom is -0.346 e. The number of hydrogen-bond acceptors (Lipinski definition) is 1. The van der Waals surface area contributed by atoms with E-state index in [4.69, 9.17) is 23.2 Å². The Hall–Kier alpha value is -0.250. The van der Waals surface area contributed by atoms with E-state index in [1.807, 2.05) is 13.8 Å². The summed E-state index contributed by atoms with van der Waals surface area (Å²) in [7, 11) is 0. The molecule has 0 radical (unpaired) electrons. The summed E-state index contributed by atoms with van der Waals surface area (Å²) in [5.41, 5.74) is 0.151. The average Bonchev–Trinajstić information content (AvgIpc) is 2.15. The Balaban J connectivity index is 2.89. The van der Waals surface area contributed by atoms with Gasteiger partial charge in [0.15, 0.2) is 0 Å². The van der Waals surface area contributed by atoms with Gasteiger partial charge in [0, 0.05) is 26.5 Å². The molecular weight excluding hydrogens is 313 g/mol. The Morgan fingerprint density at radius 1 is 1.31 bits per heavy atom. The summed E-state index contributed by atoms with van der Waals surface area (Å²) in [6, 6.07) is 4.77. The van der Waals surface area contributed by atoms with Crippen molar-refractivity contribution in [2.24, 2.45) is 0 Å². The second-order valence-corrected chi connectivity index (χ2v) is 5.56. The van der Waals surface area contributed by atoms with Gasteiger partial charge in [0.25, 0.3) is 5.91 Å². The van der Waals surface area contributed by atoms with Crippen molar-refractivity contribution >= 4 is 45.0 Å². The molecule has 0 aromatic heterocycles. The zero-order chi connectivity index (χ0) is 12.3. The molecular formula is C11H12BrCl2NO. The van der Waals surface area contributed by atoms with Gasteiger partial charge in [-0.25, -0.2) is 0 Å². The molecule has 0 saturated carbocycles. The van der Waals surface area contributed by atoms with E-state index in [-0.39, 0.29) is 11.4 Å². The molecule has 0 unspecified atom stereocenters. The van der Waals surface area contributed by atoms with Crippen LogP contribution in [0.2, 0.25) is 10.0 Å². The van der Waals surface area contributed by atoms with Crippen LogP contribution in [0.3, 0.4) is 0 Å². The third-order valence-corrected chi connectivity index (χ3v) is 3.75. The van der Waals surface area contributed by atoms with Crippen LogP contribution in [0.25, 0.3) is 0 Å². The maximum Gasteiger partial charge on any atom is 0.251 e. The third kappa shape index (κ3) is 3.96. The van der Waals surface area contributed by atoms with Gasteiger partial charge in [0.1, 0.15) is 0 Å². The highest BCUT2D eigenvalue weighted by atomic mass is 79.9. The minimum atomic E-state index is -0.314. The lowest BCUT2D eigenvalue weighted by molar-refractivity contribution is 0.0921. The first-order valence-corrected chi connectivity index (χ1v) is 6.56. The van der Waals surface area contributed by atoms with Crippen LogP contribution in [-0.4, -0.2) is 16.8 Å². The summed E-state index contributed by atoms with van der Waals surface area (Å²) in [5.74, 6) is -0.186. The lowest BCUT2D eigenvalue weighted by Gasteiger charge is -2.23. The van der Waals surface area contributed by atoms with Crippen LogP contribution in [0.15, 0.2) is 18.2 Å². The standard InChI is InChI=1S/C11H12BrCl2NO/c1-11(2,6-12)15-10(16)7-3-8(13)5-9(14)4-7/h3-5H,6H2,1-2H3,(H,15,16). The van der Waals surface area contributed by atoms with E-state index in [1.54, 1.807) is 18.2 Å². The molecule has 1 N–H and O–H groups in total. The number of carbonyl (C=O) groups excluding carboxylic acids is 1. The number of halogens is 3. The first-order valence-electron chi connectivity index (χ1n) is 4.68. The highest BCUT2D eigenvalue weighted by Gasteiger charge is 2.19. The molecule has 0 fully saturated rings. The fourth-order valence-electron chi connectivity index (χ4n) is 1.10. The minimum absolute atomic E-state index is 0.186. The molecule has 0 bridgehead atoms. The number of hydrogen-bond donors (Lipinski definition) is 1. The first-order chi connectivity index (χ1) is 7.34. The van der Waals surface area contributed by atoms with E-state index in [0.717, 1.165) is 0 Å². The number of carbonyl (C=O) groups is 1. The molecule has 0 atom stereocenters. The van der Waals surface area contributed by atoms with Gasteiger partial charge in [0.2, 0.25) is 0 Å². The summed E-state index contributed by atoms with van der Waals surface area (Å²) in [5, 5.41) is 4.45. The van der Waals surface area contributed by atoms with Crippen LogP contribution in [-0.2, 0) is 0 Å². The second-order valence-electron chi connectivity index (χ2n) is 4.13. The summed E-state index contributed by atoms with van der Waals surface area (Å²) in [6.45, 7) is 3.84. The summed E-state index contributed by atoms with van der Waals surface area (Å²) in [6.07, 6.45) is 0. The third-order valence-electron chi connectivity index (χ3n) is 1.91. The molecule has 16 heavy (non-hydrogen) atoms. The maximum atomic E-state index is 11.9. The highest BCUT2D eigenvalue weighted by molar-refractivity contribution is 9.09. The van der Waals surface area contributed by atoms with Gasteiger partial charge in [-0.05, 0) is 32.0 Å². The number of rotatable bonds is 3. The van der Waals surface area contributed by atoms with E-state index in [1.165, 1.54) is 0 Å². The fourth-order valence-corrected chi connectivity index (χ4v) is 1.76. The molecule has 0 saturated heterocycles. The Morgan fingerprint density at radius 2 is 1.81 bits per heavy atom. The SMILES string of the molecule is CC(C)(CBr)NC(=O)c1cc(Cl)cc(Cl)c1. The summed E-state index contributed by atoms with van der Waals surface area (Å²) < 4.78 is 0. The molecule has 0 aliphatic rings. The quantitative estimate of drug-likeness (QED) is 0.839. The molecule has 1 aromatic carbocycles. The van der Waals surface area contributed by atoms with Gasteiger partial charge in [-0.2, -0.15) is 0 Å². The van der Waals surface area contributed by atoms with E-state index in [2.05, 4.69) is 21.2 Å². The lowest BCUT2D eigenvalue weighted by Crippen LogP contribution is -2.44. The maximum absolute atomic E-state index is 11.9. The predicted octanol–water partition coefficient (Wildman–Crippen LogP) is 3.90. The largest absolute Gasteiger partial charge is 0.346 e. The van der Waals surface area contributed by atoms with Gasteiger partial charge >= 0.3 is 0 Å². The van der Waals surface area contributed by atoms with Crippen LogP contribution in [0.1, 0.15) is 24.2 Å². The second kappa shape index (κ2) is 5.39. The Morgan fingerprint density at radius 3 is 2.25 bits per heavy atom. The Labute approximate surface area is 113 Å². The van der Waals surface area contributed by atoms with E-state index in [0.29, 0.717) is 20.9 Å². The van der Waals surface area contributed by atoms with Crippen molar-refractivity contribution in [2.45, 2.75) is 19.4 Å². The van der Waals surface area contributed by atoms with Crippen LogP contribution in [0.5, 0.6) is 0 Å². The molecule has 2 nitrogen and oxygen atoms in total. The molecule has 88 valence electrons. The van der Waals surface area contributed by atoms with Crippen molar-refractivity contribution in [1.29, 1.82) is 0 Å². The lowest BCUT2D eigenvalue weighted by atomic mass is 10.1. The summed E-state index contributed by atoms with van der Waals surface area (Å²) in [4.78, 5) is 11.9. The number of nitrogens with one attached hydrogen (secondary N) is 1. The van der Waals surface area contributed by atoms with Crippen molar-refractivity contribution < 1.29 is 4.79 Å². The number of alkyl halides is 1. The van der Waals surface area contributed by atoms with Gasteiger partial charge in [0.05, 0.1) is 0 Å². The van der Waals surface area contributed by atoms with E-state index >= 15 is 0 Å². The van der Waals surface area contributed by atoms with E-state index in [9.17, 15) is 4.79 Å². The molecule has 0 aliphatic carbocycles. The summed E-state index contributed by atoms with van der Waals surface area (Å²) >= 11 is 15.0. The average molecular weight is 325 g/mol. The highest BCUT2D eigenvalue weighted by Crippen LogP contribution is 2.19. The van der Waals surface area contributed by atoms with Crippen molar-refractivity contribution in [3.63, 3.8) is 0 Å². The molecule has 0 spiro atoms. The fraction of sp³-hybridized carbons (Fsp3) is 0.364. The van der Waals surface area contributed by atoms with Crippen molar-refractivity contribution in [3.8, 4) is 0 Å². The topological polar surface area (TPSA) is 29.1 Å². The molecule has 0 aliphatic heterocycles. The molecule has 0 heterocycles. The van der Waals surface area contributed by atoms with Crippen LogP contribution in [0.4, 0.5) is 0 Å². The predicted molar refractivity (Wildman–Crippen MR) is 71.8 cm³/mol. The molecule has 5 heteroatoms. The van der Waals surface area contributed by atoms with Crippen molar-refractivity contribution in [3.05, 3.63) is 33.8 Å². The number of benzene rings is 1. The molecule has 1 aromatic rings. The van der Waals surface area contributed by atoms with Crippen LogP contribution < -0.4 is 5.32 Å². The monoisotopic (exact) mass is 323 g/mol. The Kier molecular flexibility index (Phi) is 4.65. The molecule has 1 amide bonds. The smallest absolute Gasteiger partial charge is 0.251 e. The Bertz CT molecular complexity index is 387. The zero-order valence-electron chi connectivity index (χ0n) is 8.98. The van der Waals surface area contributed by atoms with Gasteiger partial charge < -0.3 is 5.32 Å². The molecule has 1 rings (SSSR count). The van der Waals surface area contributed by atoms with E-state index < -0.39 is 0 Å². The van der Waals surface area contributed by atoms with Crippen LogP contribution in [0, 0.1) is 0 Å². The van der Waals surface area contributed by atoms with Crippen molar-refractivity contribution in [1.82, 2.24) is 5.32 Å². The van der Waals surface area contributed by atoms with Gasteiger partial charge in [-0.3, -0.25) is 4.79 Å².